The van der Waals surface area contributed by atoms with Crippen LogP contribution < -0.4 is 5.32 Å². The summed E-state index contributed by atoms with van der Waals surface area (Å²) in [4.78, 5) is 23.2. The minimum absolute atomic E-state index is 0.380. The molecule has 0 saturated carbocycles. The van der Waals surface area contributed by atoms with Gasteiger partial charge in [0, 0.05) is 10.4 Å². The van der Waals surface area contributed by atoms with Crippen molar-refractivity contribution >= 4 is 28.2 Å². The van der Waals surface area contributed by atoms with Gasteiger partial charge in [-0.3, -0.25) is 4.79 Å². The number of nitriles is 1. The molecule has 25 heavy (non-hydrogen) atoms. The van der Waals surface area contributed by atoms with E-state index in [4.69, 9.17) is 9.84 Å². The van der Waals surface area contributed by atoms with Crippen LogP contribution in [0.2, 0.25) is 0 Å². The van der Waals surface area contributed by atoms with Gasteiger partial charge in [0.05, 0.1) is 5.56 Å². The number of rotatable bonds is 7. The van der Waals surface area contributed by atoms with Crippen molar-refractivity contribution in [3.63, 3.8) is 0 Å². The first-order chi connectivity index (χ1) is 12.0. The Kier molecular flexibility index (Phi) is 6.28. The van der Waals surface area contributed by atoms with Crippen LogP contribution in [0, 0.1) is 18.3 Å². The molecule has 1 heterocycles. The smallest absolute Gasteiger partial charge is 0.329 e. The van der Waals surface area contributed by atoms with E-state index in [9.17, 15) is 14.9 Å². The number of hydrogen-bond donors (Lipinski definition) is 2. The van der Waals surface area contributed by atoms with Crippen LogP contribution in [0.1, 0.15) is 22.9 Å². The molecular formula is C18H18N2O4S. The Morgan fingerprint density at radius 1 is 1.28 bits per heavy atom. The zero-order chi connectivity index (χ0) is 18.4. The lowest BCUT2D eigenvalue weighted by Crippen LogP contribution is -2.20. The second kappa shape index (κ2) is 8.42. The van der Waals surface area contributed by atoms with Crippen LogP contribution in [0.15, 0.2) is 24.3 Å². The van der Waals surface area contributed by atoms with Gasteiger partial charge < -0.3 is 15.2 Å². The van der Waals surface area contributed by atoms with Gasteiger partial charge in [-0.2, -0.15) is 5.26 Å². The molecule has 6 nitrogen and oxygen atoms in total. The van der Waals surface area contributed by atoms with E-state index in [1.807, 2.05) is 31.2 Å². The molecule has 0 bridgehead atoms. The first-order valence-electron chi connectivity index (χ1n) is 7.68. The van der Waals surface area contributed by atoms with E-state index < -0.39 is 18.5 Å². The number of carboxylic acids is 1. The molecule has 2 aromatic rings. The normalized spacial score (nSPS) is 10.3. The number of aryl methyl sites for hydroxylation is 2. The Bertz CT molecular complexity index is 819. The number of amides is 1. The first-order valence-corrected chi connectivity index (χ1v) is 8.50. The van der Waals surface area contributed by atoms with Crippen LogP contribution in [0.4, 0.5) is 5.00 Å². The molecule has 0 aliphatic rings. The summed E-state index contributed by atoms with van der Waals surface area (Å²) in [6.07, 6.45) is 0.936. The summed E-state index contributed by atoms with van der Waals surface area (Å²) >= 11 is 1.31. The minimum atomic E-state index is -1.14. The molecule has 0 atom stereocenters. The average molecular weight is 358 g/mol. The Morgan fingerprint density at radius 3 is 2.52 bits per heavy atom. The zero-order valence-corrected chi connectivity index (χ0v) is 14.8. The maximum absolute atomic E-state index is 11.9. The summed E-state index contributed by atoms with van der Waals surface area (Å²) in [6, 6.07) is 10.1. The lowest BCUT2D eigenvalue weighted by atomic mass is 10.0. The molecule has 0 saturated heterocycles. The lowest BCUT2D eigenvalue weighted by Gasteiger charge is -2.05. The Morgan fingerprint density at radius 2 is 1.96 bits per heavy atom. The molecule has 2 rings (SSSR count). The van der Waals surface area contributed by atoms with Crippen molar-refractivity contribution in [1.82, 2.24) is 0 Å². The third-order valence-corrected chi connectivity index (χ3v) is 4.58. The van der Waals surface area contributed by atoms with Crippen molar-refractivity contribution in [1.29, 1.82) is 5.26 Å². The Labute approximate surface area is 149 Å². The topological polar surface area (TPSA) is 99.4 Å². The molecular weight excluding hydrogens is 340 g/mol. The van der Waals surface area contributed by atoms with Gasteiger partial charge in [-0.15, -0.1) is 11.3 Å². The van der Waals surface area contributed by atoms with Gasteiger partial charge in [0.1, 0.15) is 24.3 Å². The summed E-state index contributed by atoms with van der Waals surface area (Å²) < 4.78 is 4.76. The standard InChI is InChI=1S/C18H18N2O4S/c1-3-12-4-6-13(7-5-12)17-11(2)25-18(14(17)8-19)20-15(21)9-24-10-16(22)23/h4-7H,3,9-10H2,1-2H3,(H,20,21)(H,22,23). The molecule has 2 N–H and O–H groups in total. The Balaban J connectivity index is 2.22. The largest absolute Gasteiger partial charge is 0.480 e. The average Bonchev–Trinajstić information content (AvgIpc) is 2.89. The van der Waals surface area contributed by atoms with E-state index in [2.05, 4.69) is 18.3 Å². The number of carboxylic acid groups (broad SMARTS) is 1. The summed E-state index contributed by atoms with van der Waals surface area (Å²) in [5.74, 6) is -1.64. The number of hydrogen-bond acceptors (Lipinski definition) is 5. The first kappa shape index (κ1) is 18.6. The van der Waals surface area contributed by atoms with Crippen molar-refractivity contribution in [2.24, 2.45) is 0 Å². The maximum atomic E-state index is 11.9. The number of ether oxygens (including phenoxy) is 1. The molecule has 0 aliphatic carbocycles. The van der Waals surface area contributed by atoms with Crippen LogP contribution in [-0.4, -0.2) is 30.2 Å². The van der Waals surface area contributed by atoms with Crippen molar-refractivity contribution in [3.05, 3.63) is 40.3 Å². The minimum Gasteiger partial charge on any atom is -0.480 e. The predicted octanol–water partition coefficient (Wildman–Crippen LogP) is 3.20. The van der Waals surface area contributed by atoms with Gasteiger partial charge in [-0.1, -0.05) is 31.2 Å². The van der Waals surface area contributed by atoms with E-state index in [-0.39, 0.29) is 6.61 Å². The number of aliphatic carboxylic acids is 1. The molecule has 1 aromatic heterocycles. The molecule has 0 aliphatic heterocycles. The summed E-state index contributed by atoms with van der Waals surface area (Å²) in [7, 11) is 0. The number of carbonyl (C=O) groups is 2. The highest BCUT2D eigenvalue weighted by Crippen LogP contribution is 2.39. The molecule has 130 valence electrons. The number of carbonyl (C=O) groups excluding carboxylic acids is 1. The third-order valence-electron chi connectivity index (χ3n) is 3.56. The molecule has 0 spiro atoms. The molecule has 7 heteroatoms. The van der Waals surface area contributed by atoms with Crippen LogP contribution in [0.5, 0.6) is 0 Å². The van der Waals surface area contributed by atoms with Gasteiger partial charge in [0.15, 0.2) is 0 Å². The number of nitrogens with one attached hydrogen (secondary N) is 1. The van der Waals surface area contributed by atoms with Gasteiger partial charge in [0.2, 0.25) is 0 Å². The Hall–Kier alpha value is -2.69. The van der Waals surface area contributed by atoms with Crippen LogP contribution >= 0.6 is 11.3 Å². The van der Waals surface area contributed by atoms with Gasteiger partial charge in [-0.25, -0.2) is 4.79 Å². The molecule has 0 radical (unpaired) electrons. The van der Waals surface area contributed by atoms with E-state index in [1.165, 1.54) is 16.9 Å². The van der Waals surface area contributed by atoms with Crippen LogP contribution in [0.3, 0.4) is 0 Å². The third kappa shape index (κ3) is 4.66. The van der Waals surface area contributed by atoms with Crippen LogP contribution in [0.25, 0.3) is 11.1 Å². The quantitative estimate of drug-likeness (QED) is 0.792. The van der Waals surface area contributed by atoms with E-state index in [0.29, 0.717) is 10.6 Å². The number of benzene rings is 1. The second-order valence-corrected chi connectivity index (χ2v) is 6.56. The fourth-order valence-electron chi connectivity index (χ4n) is 2.39. The second-order valence-electron chi connectivity index (χ2n) is 5.33. The molecule has 0 fully saturated rings. The summed E-state index contributed by atoms with van der Waals surface area (Å²) in [5, 5.41) is 21.1. The summed E-state index contributed by atoms with van der Waals surface area (Å²) in [6.45, 7) is 3.04. The monoisotopic (exact) mass is 358 g/mol. The van der Waals surface area contributed by atoms with Crippen molar-refractivity contribution in [2.75, 3.05) is 18.5 Å². The highest BCUT2D eigenvalue weighted by molar-refractivity contribution is 7.17. The number of nitrogens with zero attached hydrogens (tertiary/aromatic N) is 1. The molecule has 1 amide bonds. The number of thiophene rings is 1. The van der Waals surface area contributed by atoms with Crippen LogP contribution in [-0.2, 0) is 20.7 Å². The highest BCUT2D eigenvalue weighted by Gasteiger charge is 2.19. The fourth-order valence-corrected chi connectivity index (χ4v) is 3.43. The highest BCUT2D eigenvalue weighted by atomic mass is 32.1. The fraction of sp³-hybridized carbons (Fsp3) is 0.278. The van der Waals surface area contributed by atoms with E-state index in [0.717, 1.165) is 22.4 Å². The SMILES string of the molecule is CCc1ccc(-c2c(C)sc(NC(=O)COCC(=O)O)c2C#N)cc1. The van der Waals surface area contributed by atoms with Crippen molar-refractivity contribution < 1.29 is 19.4 Å². The lowest BCUT2D eigenvalue weighted by molar-refractivity contribution is -0.143. The summed E-state index contributed by atoms with van der Waals surface area (Å²) in [5.41, 5.74) is 3.33. The van der Waals surface area contributed by atoms with Crippen molar-refractivity contribution in [3.8, 4) is 17.2 Å². The van der Waals surface area contributed by atoms with E-state index in [1.54, 1.807) is 0 Å². The van der Waals surface area contributed by atoms with Crippen molar-refractivity contribution in [2.45, 2.75) is 20.3 Å². The van der Waals surface area contributed by atoms with E-state index >= 15 is 0 Å². The van der Waals surface area contributed by atoms with Gasteiger partial charge in [0.25, 0.3) is 5.91 Å². The predicted molar refractivity (Wildman–Crippen MR) is 95.7 cm³/mol. The zero-order valence-electron chi connectivity index (χ0n) is 14.0. The molecule has 1 aromatic carbocycles. The molecule has 0 unspecified atom stereocenters. The van der Waals surface area contributed by atoms with Gasteiger partial charge >= 0.3 is 5.97 Å². The maximum Gasteiger partial charge on any atom is 0.329 e. The van der Waals surface area contributed by atoms with Gasteiger partial charge in [-0.05, 0) is 24.5 Å². The number of anilines is 1.